The summed E-state index contributed by atoms with van der Waals surface area (Å²) in [5.74, 6) is -0.227. The Bertz CT molecular complexity index is 354. The van der Waals surface area contributed by atoms with Gasteiger partial charge in [-0.1, -0.05) is 5.21 Å². The summed E-state index contributed by atoms with van der Waals surface area (Å²) in [6.45, 7) is 2.25. The van der Waals surface area contributed by atoms with Crippen LogP contribution in [-0.2, 0) is 16.1 Å². The minimum Gasteiger partial charge on any atom is -0.379 e. The minimum atomic E-state index is -0.207. The van der Waals surface area contributed by atoms with Gasteiger partial charge < -0.3 is 15.8 Å². The Hall–Kier alpha value is -1.47. The first-order valence-electron chi connectivity index (χ1n) is 5.72. The Morgan fingerprint density at radius 1 is 1.59 bits per heavy atom. The lowest BCUT2D eigenvalue weighted by molar-refractivity contribution is -0.125. The number of amides is 1. The Labute approximate surface area is 99.3 Å². The Balaban J connectivity index is 1.63. The van der Waals surface area contributed by atoms with Crippen LogP contribution in [0.1, 0.15) is 6.42 Å². The lowest BCUT2D eigenvalue weighted by Gasteiger charge is -2.13. The Morgan fingerprint density at radius 2 is 2.47 bits per heavy atom. The average Bonchev–Trinajstić information content (AvgIpc) is 2.95. The van der Waals surface area contributed by atoms with Crippen LogP contribution >= 0.6 is 0 Å². The van der Waals surface area contributed by atoms with Crippen LogP contribution in [0.25, 0.3) is 0 Å². The largest absolute Gasteiger partial charge is 0.379 e. The molecule has 3 N–H and O–H groups in total. The van der Waals surface area contributed by atoms with Gasteiger partial charge in [0.05, 0.1) is 25.3 Å². The van der Waals surface area contributed by atoms with Gasteiger partial charge in [-0.2, -0.15) is 0 Å². The van der Waals surface area contributed by atoms with Crippen LogP contribution in [0.15, 0.2) is 12.4 Å². The zero-order valence-electron chi connectivity index (χ0n) is 9.58. The molecule has 2 rings (SSSR count). The molecule has 0 aromatic carbocycles. The Kier molecular flexibility index (Phi) is 4.05. The molecule has 2 heterocycles. The number of nitrogens with one attached hydrogen (secondary N) is 1. The third kappa shape index (κ3) is 3.24. The van der Waals surface area contributed by atoms with Crippen molar-refractivity contribution in [3.05, 3.63) is 12.4 Å². The van der Waals surface area contributed by atoms with Gasteiger partial charge in [-0.3, -0.25) is 9.48 Å². The number of ether oxygens (including phenoxy) is 1. The lowest BCUT2D eigenvalue weighted by atomic mass is 10.0. The van der Waals surface area contributed by atoms with E-state index in [1.54, 1.807) is 17.1 Å². The van der Waals surface area contributed by atoms with E-state index < -0.39 is 0 Å². The van der Waals surface area contributed by atoms with E-state index in [0.29, 0.717) is 19.8 Å². The molecule has 2 atom stereocenters. The molecule has 0 saturated carbocycles. The molecule has 1 fully saturated rings. The highest BCUT2D eigenvalue weighted by Crippen LogP contribution is 2.11. The molecule has 7 heteroatoms. The molecule has 0 spiro atoms. The summed E-state index contributed by atoms with van der Waals surface area (Å²) in [7, 11) is 0. The molecule has 94 valence electrons. The molecular formula is C10H17N5O2. The molecule has 1 aromatic heterocycles. The van der Waals surface area contributed by atoms with Crippen LogP contribution in [0.2, 0.25) is 0 Å². The maximum absolute atomic E-state index is 11.7. The number of aromatic nitrogens is 3. The smallest absolute Gasteiger partial charge is 0.227 e. The van der Waals surface area contributed by atoms with E-state index in [-0.39, 0.29) is 17.9 Å². The van der Waals surface area contributed by atoms with Crippen molar-refractivity contribution in [2.24, 2.45) is 11.7 Å². The predicted molar refractivity (Wildman–Crippen MR) is 59.9 cm³/mol. The van der Waals surface area contributed by atoms with Crippen LogP contribution in [0.5, 0.6) is 0 Å². The maximum atomic E-state index is 11.7. The van der Waals surface area contributed by atoms with Gasteiger partial charge in [0.1, 0.15) is 0 Å². The molecule has 0 bridgehead atoms. The van der Waals surface area contributed by atoms with Crippen molar-refractivity contribution in [1.82, 2.24) is 20.3 Å². The van der Waals surface area contributed by atoms with Crippen LogP contribution in [0.3, 0.4) is 0 Å². The van der Waals surface area contributed by atoms with E-state index in [1.165, 1.54) is 0 Å². The number of hydrogen-bond acceptors (Lipinski definition) is 5. The minimum absolute atomic E-state index is 0.0198. The van der Waals surface area contributed by atoms with E-state index in [0.717, 1.165) is 13.0 Å². The van der Waals surface area contributed by atoms with Crippen LogP contribution < -0.4 is 11.1 Å². The van der Waals surface area contributed by atoms with Gasteiger partial charge in [-0.05, 0) is 6.42 Å². The number of carbonyl (C=O) groups is 1. The maximum Gasteiger partial charge on any atom is 0.227 e. The monoisotopic (exact) mass is 239 g/mol. The quantitative estimate of drug-likeness (QED) is 0.627. The molecule has 17 heavy (non-hydrogen) atoms. The number of nitrogens with zero attached hydrogens (tertiary/aromatic N) is 3. The number of aryl methyl sites for hydroxylation is 1. The second-order valence-corrected chi connectivity index (χ2v) is 4.12. The Morgan fingerprint density at radius 3 is 3.12 bits per heavy atom. The number of rotatable bonds is 5. The molecule has 2 unspecified atom stereocenters. The number of carbonyl (C=O) groups excluding carboxylic acids is 1. The highest BCUT2D eigenvalue weighted by atomic mass is 16.5. The van der Waals surface area contributed by atoms with Crippen molar-refractivity contribution in [2.75, 3.05) is 19.8 Å². The molecular weight excluding hydrogens is 222 g/mol. The molecule has 1 amide bonds. The van der Waals surface area contributed by atoms with E-state index >= 15 is 0 Å². The van der Waals surface area contributed by atoms with Gasteiger partial charge in [0.15, 0.2) is 0 Å². The van der Waals surface area contributed by atoms with Crippen molar-refractivity contribution >= 4 is 5.91 Å². The third-order valence-electron chi connectivity index (χ3n) is 2.80. The summed E-state index contributed by atoms with van der Waals surface area (Å²) in [6, 6.07) is -0.176. The molecule has 1 aliphatic heterocycles. The van der Waals surface area contributed by atoms with Gasteiger partial charge in [0.25, 0.3) is 0 Å². The van der Waals surface area contributed by atoms with E-state index in [2.05, 4.69) is 15.6 Å². The molecule has 0 radical (unpaired) electrons. The van der Waals surface area contributed by atoms with Crippen LogP contribution in [-0.4, -0.2) is 46.7 Å². The molecule has 1 aliphatic rings. The van der Waals surface area contributed by atoms with Gasteiger partial charge in [0, 0.05) is 25.3 Å². The fourth-order valence-corrected chi connectivity index (χ4v) is 1.78. The summed E-state index contributed by atoms with van der Waals surface area (Å²) in [5.41, 5.74) is 5.75. The van der Waals surface area contributed by atoms with Crippen molar-refractivity contribution in [3.63, 3.8) is 0 Å². The van der Waals surface area contributed by atoms with Crippen molar-refractivity contribution < 1.29 is 9.53 Å². The number of hydrogen-bond donors (Lipinski definition) is 2. The zero-order chi connectivity index (χ0) is 12.1. The summed E-state index contributed by atoms with van der Waals surface area (Å²) < 4.78 is 6.88. The predicted octanol–water partition coefficient (Wildman–Crippen LogP) is -1.24. The molecule has 1 saturated heterocycles. The number of nitrogens with two attached hydrogens (primary N) is 1. The first-order valence-corrected chi connectivity index (χ1v) is 5.72. The van der Waals surface area contributed by atoms with E-state index in [4.69, 9.17) is 10.5 Å². The highest BCUT2D eigenvalue weighted by Gasteiger charge is 2.30. The van der Waals surface area contributed by atoms with Crippen molar-refractivity contribution in [2.45, 2.75) is 19.0 Å². The van der Waals surface area contributed by atoms with Crippen molar-refractivity contribution in [3.8, 4) is 0 Å². The summed E-state index contributed by atoms with van der Waals surface area (Å²) in [5, 5.41) is 10.4. The lowest BCUT2D eigenvalue weighted by Crippen LogP contribution is -2.41. The molecule has 0 aliphatic carbocycles. The molecule has 7 nitrogen and oxygen atoms in total. The second kappa shape index (κ2) is 5.74. The topological polar surface area (TPSA) is 95.1 Å². The van der Waals surface area contributed by atoms with E-state index in [9.17, 15) is 4.79 Å². The average molecular weight is 239 g/mol. The third-order valence-corrected chi connectivity index (χ3v) is 2.80. The SMILES string of the molecule is NC1COCC1C(=O)NCCCn1ccnn1. The van der Waals surface area contributed by atoms with Crippen LogP contribution in [0.4, 0.5) is 0 Å². The zero-order valence-corrected chi connectivity index (χ0v) is 9.58. The normalized spacial score (nSPS) is 23.8. The van der Waals surface area contributed by atoms with Gasteiger partial charge in [0.2, 0.25) is 5.91 Å². The van der Waals surface area contributed by atoms with Gasteiger partial charge in [-0.25, -0.2) is 0 Å². The molecule has 1 aromatic rings. The van der Waals surface area contributed by atoms with Gasteiger partial charge >= 0.3 is 0 Å². The fourth-order valence-electron chi connectivity index (χ4n) is 1.78. The first-order chi connectivity index (χ1) is 8.27. The summed E-state index contributed by atoms with van der Waals surface area (Å²) >= 11 is 0. The van der Waals surface area contributed by atoms with Crippen LogP contribution in [0, 0.1) is 5.92 Å². The second-order valence-electron chi connectivity index (χ2n) is 4.12. The van der Waals surface area contributed by atoms with E-state index in [1.807, 2.05) is 0 Å². The van der Waals surface area contributed by atoms with Crippen molar-refractivity contribution in [1.29, 1.82) is 0 Å². The summed E-state index contributed by atoms with van der Waals surface area (Å²) in [4.78, 5) is 11.7. The first kappa shape index (κ1) is 12.0. The fraction of sp³-hybridized carbons (Fsp3) is 0.700. The standard InChI is InChI=1S/C10H17N5O2/c11-9-7-17-6-8(9)10(16)12-2-1-4-15-5-3-13-14-15/h3,5,8-9H,1-2,4,6-7,11H2,(H,12,16). The highest BCUT2D eigenvalue weighted by molar-refractivity contribution is 5.79. The van der Waals surface area contributed by atoms with Gasteiger partial charge in [-0.15, -0.1) is 5.10 Å². The summed E-state index contributed by atoms with van der Waals surface area (Å²) in [6.07, 6.45) is 4.24.